The van der Waals surface area contributed by atoms with Gasteiger partial charge in [-0.15, -0.1) is 0 Å². The molecular formula is C27H39N3O4S. The summed E-state index contributed by atoms with van der Waals surface area (Å²) in [6, 6.07) is 16.2. The smallest absolute Gasteiger partial charge is 0.242 e. The standard InChI is InChI=1S/C27H39N3O4S/c1-5-7-19-28-27(32)25(6-2)29(21-23-17-15-22(3)16-18-23)26(31)14-11-20-30(35(4,33)34)24-12-9-8-10-13-24/h8-10,12-13,15-18,25H,5-7,11,14,19-21H2,1-4H3,(H,28,32)/t25-/m1/s1. The molecule has 0 aliphatic rings. The Morgan fingerprint density at radius 2 is 1.63 bits per heavy atom. The Bertz CT molecular complexity index is 1040. The van der Waals surface area contributed by atoms with Crippen LogP contribution in [0.5, 0.6) is 0 Å². The highest BCUT2D eigenvalue weighted by Crippen LogP contribution is 2.19. The summed E-state index contributed by atoms with van der Waals surface area (Å²) in [5.41, 5.74) is 2.64. The summed E-state index contributed by atoms with van der Waals surface area (Å²) >= 11 is 0. The Kier molecular flexibility index (Phi) is 11.2. The Hall–Kier alpha value is -2.87. The number of carbonyl (C=O) groups is 2. The van der Waals surface area contributed by atoms with Crippen LogP contribution in [0.25, 0.3) is 0 Å². The van der Waals surface area contributed by atoms with Gasteiger partial charge in [0.25, 0.3) is 0 Å². The molecule has 0 heterocycles. The third-order valence-electron chi connectivity index (χ3n) is 5.89. The zero-order valence-electron chi connectivity index (χ0n) is 21.4. The molecule has 35 heavy (non-hydrogen) atoms. The number of carbonyl (C=O) groups excluding carboxylic acids is 2. The number of para-hydroxylation sites is 1. The van der Waals surface area contributed by atoms with Crippen molar-refractivity contribution >= 4 is 27.5 Å². The zero-order valence-corrected chi connectivity index (χ0v) is 22.2. The van der Waals surface area contributed by atoms with Crippen molar-refractivity contribution in [3.05, 3.63) is 65.7 Å². The summed E-state index contributed by atoms with van der Waals surface area (Å²) in [5.74, 6) is -0.312. The highest BCUT2D eigenvalue weighted by Gasteiger charge is 2.28. The van der Waals surface area contributed by atoms with Gasteiger partial charge in [-0.05, 0) is 43.9 Å². The SMILES string of the molecule is CCCCNC(=O)[C@@H](CC)N(Cc1ccc(C)cc1)C(=O)CCCN(c1ccccc1)S(C)(=O)=O. The lowest BCUT2D eigenvalue weighted by molar-refractivity contribution is -0.141. The fraction of sp³-hybridized carbons (Fsp3) is 0.481. The predicted octanol–water partition coefficient (Wildman–Crippen LogP) is 4.26. The van der Waals surface area contributed by atoms with Crippen molar-refractivity contribution in [2.75, 3.05) is 23.7 Å². The molecule has 0 spiro atoms. The third-order valence-corrected chi connectivity index (χ3v) is 7.08. The molecule has 0 aliphatic heterocycles. The number of nitrogens with one attached hydrogen (secondary N) is 1. The lowest BCUT2D eigenvalue weighted by atomic mass is 10.1. The van der Waals surface area contributed by atoms with Gasteiger partial charge in [0.1, 0.15) is 6.04 Å². The van der Waals surface area contributed by atoms with Gasteiger partial charge in [-0.3, -0.25) is 13.9 Å². The number of aryl methyl sites for hydroxylation is 1. The van der Waals surface area contributed by atoms with Crippen LogP contribution in [0.1, 0.15) is 57.1 Å². The highest BCUT2D eigenvalue weighted by atomic mass is 32.2. The van der Waals surface area contributed by atoms with E-state index in [2.05, 4.69) is 12.2 Å². The topological polar surface area (TPSA) is 86.8 Å². The summed E-state index contributed by atoms with van der Waals surface area (Å²) in [6.45, 7) is 7.06. The molecule has 0 unspecified atom stereocenters. The first-order valence-corrected chi connectivity index (χ1v) is 14.2. The molecule has 0 bridgehead atoms. The summed E-state index contributed by atoms with van der Waals surface area (Å²) in [6.07, 6.45) is 4.01. The van der Waals surface area contributed by atoms with E-state index in [0.29, 0.717) is 31.6 Å². The fourth-order valence-corrected chi connectivity index (χ4v) is 4.88. The summed E-state index contributed by atoms with van der Waals surface area (Å²) in [5, 5.41) is 2.96. The van der Waals surface area contributed by atoms with E-state index >= 15 is 0 Å². The molecule has 2 aromatic rings. The van der Waals surface area contributed by atoms with Crippen LogP contribution in [0.2, 0.25) is 0 Å². The molecule has 8 heteroatoms. The number of nitrogens with zero attached hydrogens (tertiary/aromatic N) is 2. The molecule has 2 rings (SSSR count). The van der Waals surface area contributed by atoms with Crippen LogP contribution in [0.15, 0.2) is 54.6 Å². The van der Waals surface area contributed by atoms with Crippen molar-refractivity contribution in [3.8, 4) is 0 Å². The molecule has 0 aliphatic carbocycles. The largest absolute Gasteiger partial charge is 0.354 e. The van der Waals surface area contributed by atoms with Gasteiger partial charge in [0.2, 0.25) is 21.8 Å². The summed E-state index contributed by atoms with van der Waals surface area (Å²) in [4.78, 5) is 28.0. The molecule has 1 atom stereocenters. The number of hydrogen-bond acceptors (Lipinski definition) is 4. The van der Waals surface area contributed by atoms with Gasteiger partial charge in [-0.2, -0.15) is 0 Å². The minimum Gasteiger partial charge on any atom is -0.354 e. The fourth-order valence-electron chi connectivity index (χ4n) is 3.91. The van der Waals surface area contributed by atoms with E-state index in [1.54, 1.807) is 29.2 Å². The monoisotopic (exact) mass is 501 g/mol. The number of unbranched alkanes of at least 4 members (excludes halogenated alkanes) is 1. The van der Waals surface area contributed by atoms with Crippen LogP contribution in [0, 0.1) is 6.92 Å². The molecule has 7 nitrogen and oxygen atoms in total. The van der Waals surface area contributed by atoms with Crippen molar-refractivity contribution in [2.45, 2.75) is 65.5 Å². The van der Waals surface area contributed by atoms with Crippen LogP contribution in [0.4, 0.5) is 5.69 Å². The van der Waals surface area contributed by atoms with Crippen molar-refractivity contribution < 1.29 is 18.0 Å². The lowest BCUT2D eigenvalue weighted by Gasteiger charge is -2.31. The molecule has 2 aromatic carbocycles. The second-order valence-electron chi connectivity index (χ2n) is 8.85. The van der Waals surface area contributed by atoms with Gasteiger partial charge in [0.05, 0.1) is 11.9 Å². The second-order valence-corrected chi connectivity index (χ2v) is 10.8. The molecular weight excluding hydrogens is 462 g/mol. The average molecular weight is 502 g/mol. The average Bonchev–Trinajstić information content (AvgIpc) is 2.82. The van der Waals surface area contributed by atoms with E-state index in [0.717, 1.165) is 24.0 Å². The Balaban J connectivity index is 2.16. The summed E-state index contributed by atoms with van der Waals surface area (Å²) < 4.78 is 26.0. The normalized spacial score (nSPS) is 12.1. The number of sulfonamides is 1. The van der Waals surface area contributed by atoms with Crippen LogP contribution in [0.3, 0.4) is 0 Å². The zero-order chi connectivity index (χ0) is 25.8. The molecule has 2 amide bonds. The van der Waals surface area contributed by atoms with E-state index in [1.807, 2.05) is 44.2 Å². The highest BCUT2D eigenvalue weighted by molar-refractivity contribution is 7.92. The second kappa shape index (κ2) is 13.9. The summed E-state index contributed by atoms with van der Waals surface area (Å²) in [7, 11) is -3.49. The molecule has 1 N–H and O–H groups in total. The van der Waals surface area contributed by atoms with Crippen LogP contribution in [-0.4, -0.2) is 50.5 Å². The number of rotatable bonds is 14. The lowest BCUT2D eigenvalue weighted by Crippen LogP contribution is -2.49. The Morgan fingerprint density at radius 1 is 0.971 bits per heavy atom. The first-order chi connectivity index (χ1) is 16.7. The van der Waals surface area contributed by atoms with Crippen molar-refractivity contribution in [1.82, 2.24) is 10.2 Å². The Labute approximate surface area is 210 Å². The van der Waals surface area contributed by atoms with E-state index in [1.165, 1.54) is 10.6 Å². The number of amides is 2. The van der Waals surface area contributed by atoms with Gasteiger partial charge in [-0.25, -0.2) is 8.42 Å². The molecule has 0 fully saturated rings. The third kappa shape index (κ3) is 9.02. The van der Waals surface area contributed by atoms with Gasteiger partial charge in [0, 0.05) is 26.1 Å². The number of anilines is 1. The quantitative estimate of drug-likeness (QED) is 0.392. The maximum absolute atomic E-state index is 13.4. The minimum atomic E-state index is -3.49. The molecule has 0 saturated carbocycles. The maximum atomic E-state index is 13.4. The predicted molar refractivity (Wildman–Crippen MR) is 142 cm³/mol. The van der Waals surface area contributed by atoms with Crippen molar-refractivity contribution in [3.63, 3.8) is 0 Å². The van der Waals surface area contributed by atoms with E-state index < -0.39 is 16.1 Å². The van der Waals surface area contributed by atoms with Crippen LogP contribution < -0.4 is 9.62 Å². The van der Waals surface area contributed by atoms with Crippen LogP contribution in [-0.2, 0) is 26.2 Å². The van der Waals surface area contributed by atoms with Gasteiger partial charge in [-0.1, -0.05) is 68.3 Å². The minimum absolute atomic E-state index is 0.142. The van der Waals surface area contributed by atoms with Crippen molar-refractivity contribution in [1.29, 1.82) is 0 Å². The van der Waals surface area contributed by atoms with Crippen molar-refractivity contribution in [2.24, 2.45) is 0 Å². The molecule has 0 radical (unpaired) electrons. The maximum Gasteiger partial charge on any atom is 0.242 e. The van der Waals surface area contributed by atoms with E-state index in [9.17, 15) is 18.0 Å². The molecule has 0 saturated heterocycles. The van der Waals surface area contributed by atoms with Gasteiger partial charge < -0.3 is 10.2 Å². The first kappa shape index (κ1) is 28.4. The van der Waals surface area contributed by atoms with Crippen LogP contribution >= 0.6 is 0 Å². The van der Waals surface area contributed by atoms with E-state index in [4.69, 9.17) is 0 Å². The first-order valence-electron chi connectivity index (χ1n) is 12.3. The number of hydrogen-bond donors (Lipinski definition) is 1. The van der Waals surface area contributed by atoms with Gasteiger partial charge in [0.15, 0.2) is 0 Å². The Morgan fingerprint density at radius 3 is 2.20 bits per heavy atom. The van der Waals surface area contributed by atoms with E-state index in [-0.39, 0.29) is 24.8 Å². The molecule has 0 aromatic heterocycles. The number of benzene rings is 2. The van der Waals surface area contributed by atoms with Gasteiger partial charge >= 0.3 is 0 Å². The molecule has 192 valence electrons.